The standard InChI is InChI=1S/C18H27N3O/c1-2-16-7-3-4-14-21(16)18(22)19-15-8-10-17(11-9-15)20-12-5-6-13-20/h8-11,16H,2-7,12-14H2,1H3,(H,19,22). The molecule has 2 fully saturated rings. The van der Waals surface area contributed by atoms with E-state index < -0.39 is 0 Å². The van der Waals surface area contributed by atoms with Crippen molar-refractivity contribution in [3.8, 4) is 0 Å². The minimum Gasteiger partial charge on any atom is -0.372 e. The number of hydrogen-bond acceptors (Lipinski definition) is 2. The number of nitrogens with one attached hydrogen (secondary N) is 1. The van der Waals surface area contributed by atoms with Crippen molar-refractivity contribution in [1.29, 1.82) is 0 Å². The van der Waals surface area contributed by atoms with E-state index in [0.717, 1.165) is 44.6 Å². The lowest BCUT2D eigenvalue weighted by molar-refractivity contribution is 0.160. The van der Waals surface area contributed by atoms with Crippen molar-refractivity contribution in [2.75, 3.05) is 29.9 Å². The number of amides is 2. The predicted octanol–water partition coefficient (Wildman–Crippen LogP) is 4.08. The van der Waals surface area contributed by atoms with Crippen LogP contribution in [0.25, 0.3) is 0 Å². The molecule has 0 bridgehead atoms. The maximum absolute atomic E-state index is 12.5. The quantitative estimate of drug-likeness (QED) is 0.913. The largest absolute Gasteiger partial charge is 0.372 e. The van der Waals surface area contributed by atoms with Crippen molar-refractivity contribution in [3.63, 3.8) is 0 Å². The van der Waals surface area contributed by atoms with Crippen molar-refractivity contribution in [1.82, 2.24) is 4.90 Å². The fourth-order valence-corrected chi connectivity index (χ4v) is 3.62. The maximum Gasteiger partial charge on any atom is 0.322 e. The molecule has 0 saturated carbocycles. The average molecular weight is 301 g/mol. The Morgan fingerprint density at radius 2 is 1.77 bits per heavy atom. The van der Waals surface area contributed by atoms with Crippen LogP contribution in [0.3, 0.4) is 0 Å². The van der Waals surface area contributed by atoms with Crippen molar-refractivity contribution in [2.24, 2.45) is 0 Å². The molecular formula is C18H27N3O. The molecule has 1 aromatic rings. The minimum atomic E-state index is 0.0560. The van der Waals surface area contributed by atoms with Crippen LogP contribution in [0.15, 0.2) is 24.3 Å². The molecule has 120 valence electrons. The molecule has 22 heavy (non-hydrogen) atoms. The summed E-state index contributed by atoms with van der Waals surface area (Å²) in [5.41, 5.74) is 2.16. The van der Waals surface area contributed by atoms with E-state index in [1.165, 1.54) is 24.9 Å². The zero-order valence-corrected chi connectivity index (χ0v) is 13.6. The van der Waals surface area contributed by atoms with Gasteiger partial charge in [0.05, 0.1) is 0 Å². The van der Waals surface area contributed by atoms with Crippen LogP contribution < -0.4 is 10.2 Å². The summed E-state index contributed by atoms with van der Waals surface area (Å²) in [4.78, 5) is 16.9. The highest BCUT2D eigenvalue weighted by atomic mass is 16.2. The van der Waals surface area contributed by atoms with E-state index in [2.05, 4.69) is 29.3 Å². The molecule has 0 aliphatic carbocycles. The second-order valence-electron chi connectivity index (χ2n) is 6.42. The molecule has 1 N–H and O–H groups in total. The number of anilines is 2. The average Bonchev–Trinajstić information content (AvgIpc) is 3.10. The van der Waals surface area contributed by atoms with E-state index in [1.807, 2.05) is 17.0 Å². The minimum absolute atomic E-state index is 0.0560. The van der Waals surface area contributed by atoms with Gasteiger partial charge in [0.25, 0.3) is 0 Å². The van der Waals surface area contributed by atoms with Gasteiger partial charge in [-0.2, -0.15) is 0 Å². The van der Waals surface area contributed by atoms with E-state index in [0.29, 0.717) is 6.04 Å². The number of piperidine rings is 1. The highest BCUT2D eigenvalue weighted by Crippen LogP contribution is 2.24. The van der Waals surface area contributed by atoms with Crippen molar-refractivity contribution in [3.05, 3.63) is 24.3 Å². The van der Waals surface area contributed by atoms with Gasteiger partial charge < -0.3 is 15.1 Å². The molecule has 1 unspecified atom stereocenters. The number of nitrogens with zero attached hydrogens (tertiary/aromatic N) is 2. The molecule has 2 aliphatic rings. The third-order valence-corrected chi connectivity index (χ3v) is 4.95. The number of carbonyl (C=O) groups excluding carboxylic acids is 1. The zero-order valence-electron chi connectivity index (χ0n) is 13.6. The first-order valence-electron chi connectivity index (χ1n) is 8.70. The van der Waals surface area contributed by atoms with Crippen LogP contribution in [-0.4, -0.2) is 36.6 Å². The van der Waals surface area contributed by atoms with Crippen molar-refractivity contribution in [2.45, 2.75) is 51.5 Å². The zero-order chi connectivity index (χ0) is 15.4. The Bertz CT molecular complexity index is 494. The van der Waals surface area contributed by atoms with Crippen LogP contribution in [-0.2, 0) is 0 Å². The first kappa shape index (κ1) is 15.2. The summed E-state index contributed by atoms with van der Waals surface area (Å²) in [6.45, 7) is 5.35. The maximum atomic E-state index is 12.5. The van der Waals surface area contributed by atoms with Gasteiger partial charge in [-0.05, 0) is 62.8 Å². The number of urea groups is 1. The summed E-state index contributed by atoms with van der Waals surface area (Å²) < 4.78 is 0. The summed E-state index contributed by atoms with van der Waals surface area (Å²) in [5.74, 6) is 0. The Kier molecular flexibility index (Phi) is 4.86. The van der Waals surface area contributed by atoms with Crippen LogP contribution >= 0.6 is 0 Å². The Labute approximate surface area is 133 Å². The highest BCUT2D eigenvalue weighted by Gasteiger charge is 2.25. The summed E-state index contributed by atoms with van der Waals surface area (Å²) >= 11 is 0. The molecule has 2 amide bonds. The third kappa shape index (κ3) is 3.37. The van der Waals surface area contributed by atoms with Gasteiger partial charge in [-0.3, -0.25) is 0 Å². The molecule has 0 aromatic heterocycles. The van der Waals surface area contributed by atoms with E-state index in [9.17, 15) is 4.79 Å². The lowest BCUT2D eigenvalue weighted by Crippen LogP contribution is -2.45. The molecule has 4 heteroatoms. The van der Waals surface area contributed by atoms with Crippen molar-refractivity contribution >= 4 is 17.4 Å². The van der Waals surface area contributed by atoms with Gasteiger partial charge in [0.1, 0.15) is 0 Å². The van der Waals surface area contributed by atoms with E-state index in [-0.39, 0.29) is 6.03 Å². The Morgan fingerprint density at radius 3 is 2.45 bits per heavy atom. The summed E-state index contributed by atoms with van der Waals surface area (Å²) in [5, 5.41) is 3.06. The van der Waals surface area contributed by atoms with E-state index >= 15 is 0 Å². The fourth-order valence-electron chi connectivity index (χ4n) is 3.62. The Morgan fingerprint density at radius 1 is 1.09 bits per heavy atom. The molecule has 2 aliphatic heterocycles. The number of hydrogen-bond donors (Lipinski definition) is 1. The van der Waals surface area contributed by atoms with Gasteiger partial charge in [-0.25, -0.2) is 4.79 Å². The van der Waals surface area contributed by atoms with Crippen molar-refractivity contribution < 1.29 is 4.79 Å². The lowest BCUT2D eigenvalue weighted by atomic mass is 10.0. The number of carbonyl (C=O) groups is 1. The van der Waals surface area contributed by atoms with Gasteiger partial charge in [-0.1, -0.05) is 6.92 Å². The molecule has 0 radical (unpaired) electrons. The smallest absolute Gasteiger partial charge is 0.322 e. The van der Waals surface area contributed by atoms with Crippen LogP contribution in [0.5, 0.6) is 0 Å². The first-order chi connectivity index (χ1) is 10.8. The van der Waals surface area contributed by atoms with Crippen LogP contribution in [0.1, 0.15) is 45.4 Å². The molecule has 0 spiro atoms. The molecule has 1 atom stereocenters. The second-order valence-corrected chi connectivity index (χ2v) is 6.42. The highest BCUT2D eigenvalue weighted by molar-refractivity contribution is 5.89. The van der Waals surface area contributed by atoms with Gasteiger partial charge in [0, 0.05) is 37.1 Å². The number of rotatable bonds is 3. The number of likely N-dealkylation sites (tertiary alicyclic amines) is 1. The predicted molar refractivity (Wildman–Crippen MR) is 91.5 cm³/mol. The fraction of sp³-hybridized carbons (Fsp3) is 0.611. The van der Waals surface area contributed by atoms with Crippen LogP contribution in [0.4, 0.5) is 16.2 Å². The van der Waals surface area contributed by atoms with E-state index in [4.69, 9.17) is 0 Å². The van der Waals surface area contributed by atoms with Gasteiger partial charge >= 0.3 is 6.03 Å². The summed E-state index contributed by atoms with van der Waals surface area (Å²) in [7, 11) is 0. The topological polar surface area (TPSA) is 35.6 Å². The molecule has 2 saturated heterocycles. The normalized spacial score (nSPS) is 22.0. The van der Waals surface area contributed by atoms with Gasteiger partial charge in [0.15, 0.2) is 0 Å². The van der Waals surface area contributed by atoms with Crippen LogP contribution in [0.2, 0.25) is 0 Å². The summed E-state index contributed by atoms with van der Waals surface area (Å²) in [6, 6.07) is 8.74. The summed E-state index contributed by atoms with van der Waals surface area (Å²) in [6.07, 6.45) is 7.11. The van der Waals surface area contributed by atoms with E-state index in [1.54, 1.807) is 0 Å². The number of benzene rings is 1. The van der Waals surface area contributed by atoms with Gasteiger partial charge in [-0.15, -0.1) is 0 Å². The Hall–Kier alpha value is -1.71. The second kappa shape index (κ2) is 7.03. The molecule has 1 aromatic carbocycles. The molecular weight excluding hydrogens is 274 g/mol. The monoisotopic (exact) mass is 301 g/mol. The van der Waals surface area contributed by atoms with Gasteiger partial charge in [0.2, 0.25) is 0 Å². The first-order valence-corrected chi connectivity index (χ1v) is 8.70. The molecule has 3 rings (SSSR count). The molecule has 4 nitrogen and oxygen atoms in total. The molecule has 2 heterocycles. The third-order valence-electron chi connectivity index (χ3n) is 4.95. The Balaban J connectivity index is 1.61. The SMILES string of the molecule is CCC1CCCCN1C(=O)Nc1ccc(N2CCCC2)cc1. The van der Waals surface area contributed by atoms with Crippen LogP contribution in [0, 0.1) is 0 Å². The lowest BCUT2D eigenvalue weighted by Gasteiger charge is -2.35.